The summed E-state index contributed by atoms with van der Waals surface area (Å²) in [5.74, 6) is 1.98. The number of fused-ring (bicyclic) bond motifs is 1. The van der Waals surface area contributed by atoms with Crippen molar-refractivity contribution in [3.8, 4) is 11.5 Å². The van der Waals surface area contributed by atoms with Gasteiger partial charge in [0.15, 0.2) is 0 Å². The first kappa shape index (κ1) is 20.4. The number of carbonyl (C=O) groups is 1. The lowest BCUT2D eigenvalue weighted by Gasteiger charge is -2.22. The van der Waals surface area contributed by atoms with Crippen molar-refractivity contribution < 1.29 is 24.1 Å². The number of rotatable bonds is 10. The molecule has 0 amide bonds. The fourth-order valence-corrected chi connectivity index (χ4v) is 3.57. The predicted octanol–water partition coefficient (Wildman–Crippen LogP) is 4.16. The number of aliphatic hydroxyl groups excluding tert-OH is 1. The fourth-order valence-electron chi connectivity index (χ4n) is 2.47. The Hall–Kier alpha value is -1.92. The molecular formula is C20H26O5S. The molecule has 1 aliphatic rings. The second kappa shape index (κ2) is 10.3. The van der Waals surface area contributed by atoms with Crippen LogP contribution in [0.25, 0.3) is 4.91 Å². The molecule has 5 nitrogen and oxygen atoms in total. The molecule has 0 saturated heterocycles. The monoisotopic (exact) mass is 378 g/mol. The van der Waals surface area contributed by atoms with E-state index in [0.717, 1.165) is 41.9 Å². The molecule has 1 aromatic rings. The maximum atomic E-state index is 11.3. The molecule has 0 radical (unpaired) electrons. The zero-order valence-electron chi connectivity index (χ0n) is 15.3. The topological polar surface area (TPSA) is 65.0 Å². The Kier molecular flexibility index (Phi) is 8.06. The number of thioether (sulfide) groups is 1. The van der Waals surface area contributed by atoms with Gasteiger partial charge < -0.3 is 19.3 Å². The zero-order valence-corrected chi connectivity index (χ0v) is 16.1. The number of hydrogen-bond acceptors (Lipinski definition) is 6. The van der Waals surface area contributed by atoms with Crippen LogP contribution in [0.3, 0.4) is 0 Å². The number of carbonyl (C=O) groups excluding carboxylic acids is 1. The van der Waals surface area contributed by atoms with E-state index in [1.54, 1.807) is 37.9 Å². The molecule has 0 aromatic heterocycles. The van der Waals surface area contributed by atoms with E-state index < -0.39 is 6.29 Å². The molecule has 1 N–H and O–H groups in total. The van der Waals surface area contributed by atoms with Crippen LogP contribution in [0.15, 0.2) is 36.4 Å². The molecule has 1 aromatic carbocycles. The summed E-state index contributed by atoms with van der Waals surface area (Å²) >= 11 is 1.71. The molecule has 1 aliphatic heterocycles. The van der Waals surface area contributed by atoms with E-state index in [1.807, 2.05) is 12.1 Å². The van der Waals surface area contributed by atoms with Crippen LogP contribution in [0.4, 0.5) is 0 Å². The van der Waals surface area contributed by atoms with E-state index in [2.05, 4.69) is 6.58 Å². The summed E-state index contributed by atoms with van der Waals surface area (Å²) in [4.78, 5) is 12.3. The van der Waals surface area contributed by atoms with E-state index in [-0.39, 0.29) is 5.97 Å². The number of esters is 1. The van der Waals surface area contributed by atoms with Crippen LogP contribution in [-0.2, 0) is 9.53 Å². The van der Waals surface area contributed by atoms with Crippen molar-refractivity contribution in [1.29, 1.82) is 0 Å². The third-order valence-corrected chi connectivity index (χ3v) is 5.03. The number of hydrogen-bond donors (Lipinski definition) is 1. The van der Waals surface area contributed by atoms with Gasteiger partial charge in [0.25, 0.3) is 0 Å². The van der Waals surface area contributed by atoms with Crippen LogP contribution in [0.2, 0.25) is 0 Å². The average molecular weight is 378 g/mol. The van der Waals surface area contributed by atoms with E-state index in [0.29, 0.717) is 23.7 Å². The SMILES string of the molecule is C=C(C)C(=O)OCCCCCCSC1=CC(O)Oc2cc(OC)ccc21. The van der Waals surface area contributed by atoms with Crippen molar-refractivity contribution in [2.75, 3.05) is 19.5 Å². The van der Waals surface area contributed by atoms with Gasteiger partial charge in [0.1, 0.15) is 11.5 Å². The van der Waals surface area contributed by atoms with E-state index >= 15 is 0 Å². The highest BCUT2D eigenvalue weighted by atomic mass is 32.2. The quantitative estimate of drug-likeness (QED) is 0.375. The summed E-state index contributed by atoms with van der Waals surface area (Å²) < 4.78 is 15.7. The van der Waals surface area contributed by atoms with Gasteiger partial charge in [-0.25, -0.2) is 4.79 Å². The number of benzene rings is 1. The molecule has 0 aliphatic carbocycles. The zero-order chi connectivity index (χ0) is 18.9. The Morgan fingerprint density at radius 3 is 2.81 bits per heavy atom. The Labute approximate surface area is 159 Å². The lowest BCUT2D eigenvalue weighted by molar-refractivity contribution is -0.139. The highest BCUT2D eigenvalue weighted by Gasteiger charge is 2.19. The Balaban J connectivity index is 1.70. The molecule has 0 saturated carbocycles. The summed E-state index contributed by atoms with van der Waals surface area (Å²) in [6.07, 6.45) is 4.80. The van der Waals surface area contributed by atoms with E-state index in [1.165, 1.54) is 0 Å². The largest absolute Gasteiger partial charge is 0.497 e. The van der Waals surface area contributed by atoms with Crippen molar-refractivity contribution in [2.45, 2.75) is 38.9 Å². The molecule has 1 unspecified atom stereocenters. The Morgan fingerprint density at radius 2 is 2.08 bits per heavy atom. The van der Waals surface area contributed by atoms with Gasteiger partial charge in [0, 0.05) is 22.1 Å². The third-order valence-electron chi connectivity index (χ3n) is 3.87. The van der Waals surface area contributed by atoms with E-state index in [4.69, 9.17) is 14.2 Å². The van der Waals surface area contributed by atoms with Crippen LogP contribution in [0, 0.1) is 0 Å². The van der Waals surface area contributed by atoms with Crippen molar-refractivity contribution in [1.82, 2.24) is 0 Å². The van der Waals surface area contributed by atoms with Crippen molar-refractivity contribution >= 4 is 22.6 Å². The lowest BCUT2D eigenvalue weighted by Crippen LogP contribution is -2.17. The molecule has 0 spiro atoms. The molecule has 142 valence electrons. The van der Waals surface area contributed by atoms with Crippen molar-refractivity contribution in [3.63, 3.8) is 0 Å². The number of unbranched alkanes of at least 4 members (excludes halogenated alkanes) is 3. The molecule has 1 atom stereocenters. The van der Waals surface area contributed by atoms with Gasteiger partial charge in [-0.3, -0.25) is 0 Å². The lowest BCUT2D eigenvalue weighted by atomic mass is 10.1. The molecular weight excluding hydrogens is 352 g/mol. The highest BCUT2D eigenvalue weighted by Crippen LogP contribution is 2.40. The van der Waals surface area contributed by atoms with Crippen LogP contribution >= 0.6 is 11.8 Å². The standard InChI is InChI=1S/C20H26O5S/c1-14(2)20(22)24-10-6-4-5-7-11-26-18-13-19(21)25-17-12-15(23-3)8-9-16(17)18/h8-9,12-13,19,21H,1,4-7,10-11H2,2-3H3. The molecule has 2 rings (SSSR count). The highest BCUT2D eigenvalue weighted by molar-refractivity contribution is 8.08. The Bertz CT molecular complexity index is 668. The van der Waals surface area contributed by atoms with E-state index in [9.17, 15) is 9.90 Å². The number of methoxy groups -OCH3 is 1. The summed E-state index contributed by atoms with van der Waals surface area (Å²) in [5.41, 5.74) is 1.42. The fraction of sp³-hybridized carbons (Fsp3) is 0.450. The van der Waals surface area contributed by atoms with Gasteiger partial charge in [0.05, 0.1) is 13.7 Å². The Morgan fingerprint density at radius 1 is 1.31 bits per heavy atom. The third kappa shape index (κ3) is 6.11. The maximum absolute atomic E-state index is 11.3. The first-order valence-electron chi connectivity index (χ1n) is 8.71. The van der Waals surface area contributed by atoms with Gasteiger partial charge in [-0.2, -0.15) is 0 Å². The second-order valence-corrected chi connectivity index (χ2v) is 7.22. The molecule has 26 heavy (non-hydrogen) atoms. The normalized spacial score (nSPS) is 15.5. The van der Waals surface area contributed by atoms with Crippen LogP contribution in [-0.4, -0.2) is 36.8 Å². The summed E-state index contributed by atoms with van der Waals surface area (Å²) in [5, 5.41) is 9.87. The van der Waals surface area contributed by atoms with Crippen LogP contribution in [0.1, 0.15) is 38.2 Å². The maximum Gasteiger partial charge on any atom is 0.333 e. The molecule has 0 bridgehead atoms. The molecule has 6 heteroatoms. The summed E-state index contributed by atoms with van der Waals surface area (Å²) in [6, 6.07) is 5.63. The van der Waals surface area contributed by atoms with Gasteiger partial charge in [-0.15, -0.1) is 11.8 Å². The minimum absolute atomic E-state index is 0.319. The van der Waals surface area contributed by atoms with Gasteiger partial charge in [0.2, 0.25) is 6.29 Å². The minimum atomic E-state index is -0.930. The van der Waals surface area contributed by atoms with Crippen LogP contribution in [0.5, 0.6) is 11.5 Å². The molecule has 0 fully saturated rings. The minimum Gasteiger partial charge on any atom is -0.497 e. The average Bonchev–Trinajstić information content (AvgIpc) is 2.62. The van der Waals surface area contributed by atoms with Crippen LogP contribution < -0.4 is 9.47 Å². The molecule has 1 heterocycles. The number of aliphatic hydroxyl groups is 1. The van der Waals surface area contributed by atoms with Gasteiger partial charge >= 0.3 is 5.97 Å². The first-order chi connectivity index (χ1) is 12.5. The summed E-state index contributed by atoms with van der Waals surface area (Å²) in [6.45, 7) is 5.65. The predicted molar refractivity (Wildman–Crippen MR) is 104 cm³/mol. The number of ether oxygens (including phenoxy) is 3. The van der Waals surface area contributed by atoms with Crippen molar-refractivity contribution in [3.05, 3.63) is 42.0 Å². The van der Waals surface area contributed by atoms with Crippen molar-refractivity contribution in [2.24, 2.45) is 0 Å². The van der Waals surface area contributed by atoms with Gasteiger partial charge in [-0.1, -0.05) is 19.4 Å². The first-order valence-corrected chi connectivity index (χ1v) is 9.70. The smallest absolute Gasteiger partial charge is 0.333 e. The van der Waals surface area contributed by atoms with Gasteiger partial charge in [-0.05, 0) is 43.7 Å². The summed E-state index contributed by atoms with van der Waals surface area (Å²) in [7, 11) is 1.60. The second-order valence-electron chi connectivity index (χ2n) is 6.08.